The summed E-state index contributed by atoms with van der Waals surface area (Å²) in [4.78, 5) is 43.7. The minimum absolute atomic E-state index is 0.00772. The molecule has 2 aromatic rings. The number of likely N-dealkylation sites (tertiary alicyclic amines) is 1. The summed E-state index contributed by atoms with van der Waals surface area (Å²) < 4.78 is 0. The maximum absolute atomic E-state index is 13.0. The van der Waals surface area contributed by atoms with Gasteiger partial charge in [-0.25, -0.2) is 0 Å². The van der Waals surface area contributed by atoms with E-state index in [0.29, 0.717) is 38.3 Å². The summed E-state index contributed by atoms with van der Waals surface area (Å²) in [6, 6.07) is 17.8. The molecule has 2 fully saturated rings. The van der Waals surface area contributed by atoms with E-state index < -0.39 is 0 Å². The number of hydrogen-bond acceptors (Lipinski definition) is 3. The van der Waals surface area contributed by atoms with E-state index in [1.807, 2.05) is 85.2 Å². The molecule has 168 valence electrons. The van der Waals surface area contributed by atoms with Gasteiger partial charge in [-0.15, -0.1) is 0 Å². The van der Waals surface area contributed by atoms with Gasteiger partial charge in [-0.3, -0.25) is 14.4 Å². The summed E-state index contributed by atoms with van der Waals surface area (Å²) in [5.74, 6) is -0.214. The highest BCUT2D eigenvalue weighted by molar-refractivity contribution is 5.95. The molecule has 0 bridgehead atoms. The van der Waals surface area contributed by atoms with Gasteiger partial charge in [0.15, 0.2) is 0 Å². The van der Waals surface area contributed by atoms with Gasteiger partial charge in [0.2, 0.25) is 11.8 Å². The normalized spacial score (nSPS) is 19.4. The first-order chi connectivity index (χ1) is 15.2. The Balaban J connectivity index is 1.33. The molecular formula is C26H31N3O3. The zero-order chi connectivity index (χ0) is 22.9. The first-order valence-electron chi connectivity index (χ1n) is 11.3. The van der Waals surface area contributed by atoms with Crippen LogP contribution in [0.15, 0.2) is 54.6 Å². The highest BCUT2D eigenvalue weighted by Gasteiger charge is 2.41. The van der Waals surface area contributed by atoms with Gasteiger partial charge in [0.05, 0.1) is 5.92 Å². The second kappa shape index (κ2) is 8.77. The van der Waals surface area contributed by atoms with Gasteiger partial charge in [0.1, 0.15) is 0 Å². The summed E-state index contributed by atoms with van der Waals surface area (Å²) in [6.07, 6.45) is 0.281. The number of carbonyl (C=O) groups excluding carboxylic acids is 3. The van der Waals surface area contributed by atoms with E-state index in [4.69, 9.17) is 0 Å². The number of rotatable bonds is 3. The summed E-state index contributed by atoms with van der Waals surface area (Å²) >= 11 is 0. The van der Waals surface area contributed by atoms with Gasteiger partial charge in [-0.1, -0.05) is 42.5 Å². The summed E-state index contributed by atoms with van der Waals surface area (Å²) in [5, 5.41) is 0. The smallest absolute Gasteiger partial charge is 0.253 e. The van der Waals surface area contributed by atoms with Crippen molar-refractivity contribution in [3.63, 3.8) is 0 Å². The third kappa shape index (κ3) is 4.54. The molecule has 32 heavy (non-hydrogen) atoms. The first kappa shape index (κ1) is 22.1. The standard InChI is InChI=1S/C26H31N3O3/c1-26(2,3)29-18-22(17-23(29)30)25(32)28-15-13-27(14-16-28)24(31)21-11-9-20(10-12-21)19-7-5-4-6-8-19/h4-12,22H,13-18H2,1-3H3. The van der Waals surface area contributed by atoms with Crippen LogP contribution in [0.1, 0.15) is 37.6 Å². The zero-order valence-corrected chi connectivity index (χ0v) is 19.1. The van der Waals surface area contributed by atoms with Crippen molar-refractivity contribution in [2.24, 2.45) is 5.92 Å². The fourth-order valence-corrected chi connectivity index (χ4v) is 4.53. The molecule has 0 saturated carbocycles. The lowest BCUT2D eigenvalue weighted by molar-refractivity contribution is -0.137. The molecule has 0 spiro atoms. The Morgan fingerprint density at radius 1 is 0.812 bits per heavy atom. The molecule has 0 aromatic heterocycles. The van der Waals surface area contributed by atoms with Crippen LogP contribution in [0.2, 0.25) is 0 Å². The molecule has 4 rings (SSSR count). The lowest BCUT2D eigenvalue weighted by Gasteiger charge is -2.36. The van der Waals surface area contributed by atoms with Gasteiger partial charge in [-0.2, -0.15) is 0 Å². The number of nitrogens with zero attached hydrogens (tertiary/aromatic N) is 3. The third-order valence-corrected chi connectivity index (χ3v) is 6.40. The molecule has 2 aliphatic rings. The van der Waals surface area contributed by atoms with Crippen molar-refractivity contribution >= 4 is 17.7 Å². The Morgan fingerprint density at radius 2 is 1.38 bits per heavy atom. The third-order valence-electron chi connectivity index (χ3n) is 6.40. The molecule has 1 atom stereocenters. The monoisotopic (exact) mass is 433 g/mol. The quantitative estimate of drug-likeness (QED) is 0.746. The fraction of sp³-hybridized carbons (Fsp3) is 0.423. The van der Waals surface area contributed by atoms with Crippen LogP contribution in [-0.2, 0) is 9.59 Å². The van der Waals surface area contributed by atoms with E-state index in [1.54, 1.807) is 4.90 Å². The van der Waals surface area contributed by atoms with Crippen LogP contribution in [0.3, 0.4) is 0 Å². The highest BCUT2D eigenvalue weighted by Crippen LogP contribution is 2.27. The van der Waals surface area contributed by atoms with E-state index in [2.05, 4.69) is 0 Å². The number of benzene rings is 2. The SMILES string of the molecule is CC(C)(C)N1CC(C(=O)N2CCN(C(=O)c3ccc(-c4ccccc4)cc3)CC2)CC1=O. The Hall–Kier alpha value is -3.15. The first-order valence-corrected chi connectivity index (χ1v) is 11.3. The molecule has 3 amide bonds. The zero-order valence-electron chi connectivity index (χ0n) is 19.1. The van der Waals surface area contributed by atoms with Crippen molar-refractivity contribution in [2.75, 3.05) is 32.7 Å². The lowest BCUT2D eigenvalue weighted by atomic mass is 10.0. The number of piperazine rings is 1. The number of hydrogen-bond donors (Lipinski definition) is 0. The van der Waals surface area contributed by atoms with Gasteiger partial charge in [-0.05, 0) is 44.0 Å². The van der Waals surface area contributed by atoms with E-state index in [1.165, 1.54) is 0 Å². The van der Waals surface area contributed by atoms with Crippen LogP contribution < -0.4 is 0 Å². The molecule has 1 unspecified atom stereocenters. The van der Waals surface area contributed by atoms with Crippen molar-refractivity contribution in [3.8, 4) is 11.1 Å². The van der Waals surface area contributed by atoms with Crippen molar-refractivity contribution < 1.29 is 14.4 Å². The number of carbonyl (C=O) groups is 3. The van der Waals surface area contributed by atoms with Crippen LogP contribution >= 0.6 is 0 Å². The van der Waals surface area contributed by atoms with E-state index in [9.17, 15) is 14.4 Å². The minimum atomic E-state index is -0.283. The topological polar surface area (TPSA) is 60.9 Å². The average Bonchev–Trinajstić information content (AvgIpc) is 3.21. The Labute approximate surface area is 189 Å². The molecule has 0 N–H and O–H groups in total. The van der Waals surface area contributed by atoms with Crippen LogP contribution in [0.5, 0.6) is 0 Å². The molecular weight excluding hydrogens is 402 g/mol. The summed E-state index contributed by atoms with van der Waals surface area (Å²) in [6.45, 7) is 8.49. The predicted molar refractivity (Wildman–Crippen MR) is 124 cm³/mol. The van der Waals surface area contributed by atoms with Gasteiger partial charge in [0, 0.05) is 50.2 Å². The summed E-state index contributed by atoms with van der Waals surface area (Å²) in [7, 11) is 0. The lowest BCUT2D eigenvalue weighted by Crippen LogP contribution is -2.52. The van der Waals surface area contributed by atoms with Gasteiger partial charge >= 0.3 is 0 Å². The van der Waals surface area contributed by atoms with E-state index in [-0.39, 0.29) is 35.6 Å². The molecule has 2 aromatic carbocycles. The minimum Gasteiger partial charge on any atom is -0.339 e. The van der Waals surface area contributed by atoms with Crippen LogP contribution in [0.4, 0.5) is 0 Å². The molecule has 6 nitrogen and oxygen atoms in total. The maximum Gasteiger partial charge on any atom is 0.253 e. The molecule has 2 saturated heterocycles. The predicted octanol–water partition coefficient (Wildman–Crippen LogP) is 3.29. The van der Waals surface area contributed by atoms with E-state index >= 15 is 0 Å². The van der Waals surface area contributed by atoms with Crippen LogP contribution in [0.25, 0.3) is 11.1 Å². The summed E-state index contributed by atoms with van der Waals surface area (Å²) in [5.41, 5.74) is 2.58. The van der Waals surface area contributed by atoms with Gasteiger partial charge < -0.3 is 14.7 Å². The van der Waals surface area contributed by atoms with Gasteiger partial charge in [0.25, 0.3) is 5.91 Å². The molecule has 0 radical (unpaired) electrons. The van der Waals surface area contributed by atoms with E-state index in [0.717, 1.165) is 11.1 Å². The van der Waals surface area contributed by atoms with Crippen LogP contribution in [0, 0.1) is 5.92 Å². The Morgan fingerprint density at radius 3 is 1.94 bits per heavy atom. The van der Waals surface area contributed by atoms with Crippen molar-refractivity contribution in [2.45, 2.75) is 32.7 Å². The molecule has 0 aliphatic carbocycles. The second-order valence-electron chi connectivity index (χ2n) is 9.64. The Kier molecular flexibility index (Phi) is 6.04. The second-order valence-corrected chi connectivity index (χ2v) is 9.64. The number of amides is 3. The van der Waals surface area contributed by atoms with Crippen LogP contribution in [-0.4, -0.2) is 70.7 Å². The molecule has 2 heterocycles. The average molecular weight is 434 g/mol. The maximum atomic E-state index is 13.0. The largest absolute Gasteiger partial charge is 0.339 e. The molecule has 6 heteroatoms. The van der Waals surface area contributed by atoms with Crippen molar-refractivity contribution in [1.82, 2.24) is 14.7 Å². The Bertz CT molecular complexity index is 987. The fourth-order valence-electron chi connectivity index (χ4n) is 4.53. The highest BCUT2D eigenvalue weighted by atomic mass is 16.2. The van der Waals surface area contributed by atoms with Crippen molar-refractivity contribution in [3.05, 3.63) is 60.2 Å². The van der Waals surface area contributed by atoms with Crippen molar-refractivity contribution in [1.29, 1.82) is 0 Å². The molecule has 2 aliphatic heterocycles.